The second-order valence-corrected chi connectivity index (χ2v) is 6.80. The number of hydrogen-bond donors (Lipinski definition) is 2. The zero-order valence-electron chi connectivity index (χ0n) is 13.5. The van der Waals surface area contributed by atoms with Gasteiger partial charge in [0.2, 0.25) is 0 Å². The molecule has 0 bridgehead atoms. The molecule has 0 aliphatic rings. The van der Waals surface area contributed by atoms with Crippen molar-refractivity contribution < 1.29 is 10.2 Å². The van der Waals surface area contributed by atoms with Gasteiger partial charge in [-0.25, -0.2) is 0 Å². The van der Waals surface area contributed by atoms with E-state index >= 15 is 0 Å². The average Bonchev–Trinajstić information content (AvgIpc) is 2.38. The number of benzene rings is 1. The molecule has 20 heavy (non-hydrogen) atoms. The highest BCUT2D eigenvalue weighted by Gasteiger charge is 2.16. The molecule has 2 nitrogen and oxygen atoms in total. The minimum atomic E-state index is 0.642. The molecule has 0 spiro atoms. The normalized spacial score (nSPS) is 13.2. The Hall–Kier alpha value is -0.570. The average molecular weight is 299 g/mol. The van der Waals surface area contributed by atoms with E-state index in [1.807, 2.05) is 12.1 Å². The first kappa shape index (κ1) is 17.5. The summed E-state index contributed by atoms with van der Waals surface area (Å²) in [6.45, 7) is 8.36. The number of hydrogen-bond acceptors (Lipinski definition) is 0. The van der Waals surface area contributed by atoms with Gasteiger partial charge in [0.15, 0.2) is 0 Å². The maximum Gasteiger partial charge on any atom is 0.0821 e. The Morgan fingerprint density at radius 3 is 2.30 bits per heavy atom. The highest BCUT2D eigenvalue weighted by Crippen LogP contribution is 2.28. The van der Waals surface area contributed by atoms with E-state index in [1.165, 1.54) is 38.0 Å². The lowest BCUT2D eigenvalue weighted by Gasteiger charge is -2.20. The number of nitrogens with two attached hydrogens (primary N) is 1. The van der Waals surface area contributed by atoms with Crippen molar-refractivity contribution in [2.75, 3.05) is 33.7 Å². The molecule has 0 saturated carbocycles. The molecule has 1 aromatic carbocycles. The van der Waals surface area contributed by atoms with Gasteiger partial charge in [0.05, 0.1) is 33.7 Å². The van der Waals surface area contributed by atoms with Crippen LogP contribution in [-0.4, -0.2) is 33.7 Å². The van der Waals surface area contributed by atoms with Crippen molar-refractivity contribution in [3.63, 3.8) is 0 Å². The van der Waals surface area contributed by atoms with Crippen molar-refractivity contribution in [1.29, 1.82) is 0 Å². The standard InChI is InChI=1S/C17H29ClN2/c1-14(2)17(15-6-8-16(18)9-7-15)10-12-19-11-5-13-20(3)4/h6-9,14,17,19H,5,10-13H2,1-4H3/p+2/t17-/m1/s1. The molecule has 0 fully saturated rings. The van der Waals surface area contributed by atoms with Crippen LogP contribution in [0.4, 0.5) is 0 Å². The lowest BCUT2D eigenvalue weighted by molar-refractivity contribution is -0.860. The summed E-state index contributed by atoms with van der Waals surface area (Å²) in [4.78, 5) is 1.54. The molecule has 3 N–H and O–H groups in total. The quantitative estimate of drug-likeness (QED) is 0.646. The molecule has 0 unspecified atom stereocenters. The van der Waals surface area contributed by atoms with Gasteiger partial charge in [0, 0.05) is 17.9 Å². The van der Waals surface area contributed by atoms with Crippen molar-refractivity contribution in [2.24, 2.45) is 5.92 Å². The molecular weight excluding hydrogens is 268 g/mol. The second-order valence-electron chi connectivity index (χ2n) is 6.37. The summed E-state index contributed by atoms with van der Waals surface area (Å²) in [5, 5.41) is 3.29. The summed E-state index contributed by atoms with van der Waals surface area (Å²) in [7, 11) is 4.44. The maximum absolute atomic E-state index is 5.97. The van der Waals surface area contributed by atoms with Crippen LogP contribution in [0.15, 0.2) is 24.3 Å². The fourth-order valence-corrected chi connectivity index (χ4v) is 2.76. The highest BCUT2D eigenvalue weighted by molar-refractivity contribution is 6.30. The van der Waals surface area contributed by atoms with E-state index in [4.69, 9.17) is 11.6 Å². The molecule has 1 rings (SSSR count). The smallest absolute Gasteiger partial charge is 0.0821 e. The van der Waals surface area contributed by atoms with Gasteiger partial charge in [-0.1, -0.05) is 37.6 Å². The van der Waals surface area contributed by atoms with Crippen LogP contribution in [0.2, 0.25) is 5.02 Å². The fourth-order valence-electron chi connectivity index (χ4n) is 2.64. The van der Waals surface area contributed by atoms with Crippen LogP contribution in [-0.2, 0) is 0 Å². The number of rotatable bonds is 9. The Labute approximate surface area is 129 Å². The molecule has 3 heteroatoms. The minimum Gasteiger partial charge on any atom is -0.346 e. The predicted octanol–water partition coefficient (Wildman–Crippen LogP) is 1.57. The summed E-state index contributed by atoms with van der Waals surface area (Å²) in [6, 6.07) is 8.39. The first-order chi connectivity index (χ1) is 9.50. The van der Waals surface area contributed by atoms with Crippen molar-refractivity contribution in [1.82, 2.24) is 0 Å². The Morgan fingerprint density at radius 1 is 1.10 bits per heavy atom. The van der Waals surface area contributed by atoms with Crippen molar-refractivity contribution in [2.45, 2.75) is 32.6 Å². The zero-order valence-corrected chi connectivity index (χ0v) is 14.2. The van der Waals surface area contributed by atoms with Crippen LogP contribution in [0.25, 0.3) is 0 Å². The van der Waals surface area contributed by atoms with Gasteiger partial charge in [-0.05, 0) is 29.5 Å². The van der Waals surface area contributed by atoms with E-state index in [2.05, 4.69) is 45.4 Å². The summed E-state index contributed by atoms with van der Waals surface area (Å²) < 4.78 is 0. The van der Waals surface area contributed by atoms with Gasteiger partial charge in [0.25, 0.3) is 0 Å². The summed E-state index contributed by atoms with van der Waals surface area (Å²) >= 11 is 5.97. The van der Waals surface area contributed by atoms with Gasteiger partial charge in [-0.15, -0.1) is 0 Å². The van der Waals surface area contributed by atoms with Crippen LogP contribution in [0.1, 0.15) is 38.2 Å². The Balaban J connectivity index is 2.35. The van der Waals surface area contributed by atoms with Gasteiger partial charge in [-0.3, -0.25) is 0 Å². The summed E-state index contributed by atoms with van der Waals surface area (Å²) in [5.74, 6) is 1.32. The molecule has 0 aliphatic heterocycles. The van der Waals surface area contributed by atoms with Gasteiger partial charge >= 0.3 is 0 Å². The van der Waals surface area contributed by atoms with Gasteiger partial charge in [-0.2, -0.15) is 0 Å². The van der Waals surface area contributed by atoms with Gasteiger partial charge in [0.1, 0.15) is 0 Å². The predicted molar refractivity (Wildman–Crippen MR) is 87.6 cm³/mol. The van der Waals surface area contributed by atoms with E-state index in [-0.39, 0.29) is 0 Å². The van der Waals surface area contributed by atoms with Crippen LogP contribution in [0, 0.1) is 5.92 Å². The van der Waals surface area contributed by atoms with Gasteiger partial charge < -0.3 is 10.2 Å². The first-order valence-electron chi connectivity index (χ1n) is 7.87. The molecule has 0 amide bonds. The van der Waals surface area contributed by atoms with Crippen molar-refractivity contribution >= 4 is 11.6 Å². The Morgan fingerprint density at radius 2 is 1.75 bits per heavy atom. The third kappa shape index (κ3) is 6.74. The summed E-state index contributed by atoms with van der Waals surface area (Å²) in [5.41, 5.74) is 1.43. The van der Waals surface area contributed by atoms with Crippen LogP contribution in [0.3, 0.4) is 0 Å². The number of halogens is 1. The molecular formula is C17H31ClN2+2. The van der Waals surface area contributed by atoms with E-state index in [0.29, 0.717) is 11.8 Å². The lowest BCUT2D eigenvalue weighted by Crippen LogP contribution is -3.06. The SMILES string of the molecule is CC(C)[C@@H](CC[NH2+]CCC[NH+](C)C)c1ccc(Cl)cc1. The molecule has 0 aromatic heterocycles. The van der Waals surface area contributed by atoms with E-state index < -0.39 is 0 Å². The molecule has 0 saturated heterocycles. The highest BCUT2D eigenvalue weighted by atomic mass is 35.5. The fraction of sp³-hybridized carbons (Fsp3) is 0.647. The number of nitrogens with one attached hydrogen (secondary N) is 1. The third-order valence-electron chi connectivity index (χ3n) is 3.87. The Bertz CT molecular complexity index is 360. The molecule has 0 radical (unpaired) electrons. The minimum absolute atomic E-state index is 0.642. The maximum atomic E-state index is 5.97. The van der Waals surface area contributed by atoms with Crippen LogP contribution < -0.4 is 10.2 Å². The number of quaternary nitrogens is 2. The van der Waals surface area contributed by atoms with Crippen molar-refractivity contribution in [3.05, 3.63) is 34.9 Å². The first-order valence-corrected chi connectivity index (χ1v) is 8.24. The molecule has 114 valence electrons. The van der Waals surface area contributed by atoms with Crippen LogP contribution in [0.5, 0.6) is 0 Å². The lowest BCUT2D eigenvalue weighted by atomic mass is 9.86. The van der Waals surface area contributed by atoms with E-state index in [9.17, 15) is 0 Å². The Kier molecular flexibility index (Phi) is 8.20. The third-order valence-corrected chi connectivity index (χ3v) is 4.12. The molecule has 0 aliphatic carbocycles. The molecule has 1 atom stereocenters. The molecule has 0 heterocycles. The van der Waals surface area contributed by atoms with Crippen molar-refractivity contribution in [3.8, 4) is 0 Å². The van der Waals surface area contributed by atoms with E-state index in [0.717, 1.165) is 5.02 Å². The molecule has 1 aromatic rings. The largest absolute Gasteiger partial charge is 0.346 e. The van der Waals surface area contributed by atoms with E-state index in [1.54, 1.807) is 4.90 Å². The zero-order chi connectivity index (χ0) is 15.0. The second kappa shape index (κ2) is 9.38. The monoisotopic (exact) mass is 298 g/mol. The summed E-state index contributed by atoms with van der Waals surface area (Å²) in [6.07, 6.45) is 2.55. The van der Waals surface area contributed by atoms with Crippen LogP contribution >= 0.6 is 11.6 Å². The topological polar surface area (TPSA) is 21.1 Å².